The van der Waals surface area contributed by atoms with Crippen molar-refractivity contribution in [3.63, 3.8) is 0 Å². The van der Waals surface area contributed by atoms with Crippen LogP contribution in [0.1, 0.15) is 10.4 Å². The monoisotopic (exact) mass is 236 g/mol. The van der Waals surface area contributed by atoms with Crippen LogP contribution in [-0.4, -0.2) is 25.7 Å². The summed E-state index contributed by atoms with van der Waals surface area (Å²) >= 11 is 0. The van der Waals surface area contributed by atoms with Gasteiger partial charge in [-0.25, -0.2) is 14.1 Å². The molecule has 7 nitrogen and oxygen atoms in total. The summed E-state index contributed by atoms with van der Waals surface area (Å²) in [4.78, 5) is 19.0. The molecule has 3 N–H and O–H groups in total. The number of nitrogens with two attached hydrogens (primary N) is 1. The third-order valence-electron chi connectivity index (χ3n) is 2.10. The van der Waals surface area contributed by atoms with Gasteiger partial charge in [-0.2, -0.15) is 10.1 Å². The molecule has 1 amide bonds. The highest BCUT2D eigenvalue weighted by atomic mass is 19.1. The molecule has 0 spiro atoms. The summed E-state index contributed by atoms with van der Waals surface area (Å²) < 4.78 is 14.8. The first kappa shape index (κ1) is 11.0. The molecule has 17 heavy (non-hydrogen) atoms. The predicted octanol–water partition coefficient (Wildman–Crippen LogP) is 0.184. The van der Waals surface area contributed by atoms with Gasteiger partial charge in [0, 0.05) is 13.2 Å². The number of amides is 1. The average molecular weight is 236 g/mol. The molecule has 0 fully saturated rings. The fourth-order valence-electron chi connectivity index (χ4n) is 1.21. The van der Waals surface area contributed by atoms with E-state index in [0.717, 1.165) is 0 Å². The number of rotatable bonds is 2. The summed E-state index contributed by atoms with van der Waals surface area (Å²) in [6.07, 6.45) is 2.52. The van der Waals surface area contributed by atoms with Gasteiger partial charge in [-0.1, -0.05) is 0 Å². The van der Waals surface area contributed by atoms with Crippen LogP contribution in [0.5, 0.6) is 0 Å². The Hall–Kier alpha value is -2.51. The van der Waals surface area contributed by atoms with Gasteiger partial charge in [0.1, 0.15) is 6.33 Å². The molecular formula is C9H9FN6O. The molecule has 0 saturated carbocycles. The van der Waals surface area contributed by atoms with Crippen molar-refractivity contribution in [3.05, 3.63) is 30.0 Å². The number of nitrogens with one attached hydrogen (secondary N) is 1. The van der Waals surface area contributed by atoms with E-state index in [1.54, 1.807) is 7.05 Å². The highest BCUT2D eigenvalue weighted by Gasteiger charge is 2.16. The Morgan fingerprint density at radius 2 is 2.29 bits per heavy atom. The number of aryl methyl sites for hydroxylation is 1. The van der Waals surface area contributed by atoms with E-state index < -0.39 is 11.7 Å². The summed E-state index contributed by atoms with van der Waals surface area (Å²) in [5.74, 6) is -1.62. The molecule has 2 heterocycles. The molecule has 8 heteroatoms. The zero-order valence-electron chi connectivity index (χ0n) is 8.88. The SMILES string of the molecule is Cn1ncnc1NC(=O)c1ccnc(N)c1F. The van der Waals surface area contributed by atoms with Gasteiger partial charge >= 0.3 is 0 Å². The summed E-state index contributed by atoms with van der Waals surface area (Å²) in [6, 6.07) is 1.23. The van der Waals surface area contributed by atoms with Crippen LogP contribution >= 0.6 is 0 Å². The van der Waals surface area contributed by atoms with Crippen LogP contribution in [0.2, 0.25) is 0 Å². The number of nitrogen functional groups attached to an aromatic ring is 1. The van der Waals surface area contributed by atoms with Gasteiger partial charge in [0.05, 0.1) is 5.56 Å². The van der Waals surface area contributed by atoms with E-state index in [2.05, 4.69) is 20.4 Å². The van der Waals surface area contributed by atoms with Crippen molar-refractivity contribution in [2.24, 2.45) is 7.05 Å². The number of pyridine rings is 1. The fourth-order valence-corrected chi connectivity index (χ4v) is 1.21. The number of halogens is 1. The number of carbonyl (C=O) groups is 1. The second-order valence-corrected chi connectivity index (χ2v) is 3.22. The second-order valence-electron chi connectivity index (χ2n) is 3.22. The van der Waals surface area contributed by atoms with Gasteiger partial charge in [0.15, 0.2) is 11.6 Å². The second kappa shape index (κ2) is 4.16. The van der Waals surface area contributed by atoms with Gasteiger partial charge in [0.2, 0.25) is 5.95 Å². The van der Waals surface area contributed by atoms with Crippen LogP contribution in [0.4, 0.5) is 16.2 Å². The maximum atomic E-state index is 13.5. The molecule has 0 aromatic carbocycles. The summed E-state index contributed by atoms with van der Waals surface area (Å²) in [6.45, 7) is 0. The third kappa shape index (κ3) is 2.05. The largest absolute Gasteiger partial charge is 0.381 e. The molecule has 0 radical (unpaired) electrons. The topological polar surface area (TPSA) is 98.7 Å². The zero-order valence-corrected chi connectivity index (χ0v) is 8.88. The van der Waals surface area contributed by atoms with Crippen molar-refractivity contribution in [1.82, 2.24) is 19.7 Å². The average Bonchev–Trinajstić information content (AvgIpc) is 2.68. The molecule has 2 aromatic rings. The summed E-state index contributed by atoms with van der Waals surface area (Å²) in [5.41, 5.74) is 5.07. The molecule has 2 aromatic heterocycles. The van der Waals surface area contributed by atoms with Crippen LogP contribution in [0.25, 0.3) is 0 Å². The van der Waals surface area contributed by atoms with E-state index in [-0.39, 0.29) is 17.3 Å². The Balaban J connectivity index is 2.27. The van der Waals surface area contributed by atoms with Gasteiger partial charge in [-0.05, 0) is 6.07 Å². The lowest BCUT2D eigenvalue weighted by molar-refractivity contribution is 0.102. The number of aromatic nitrogens is 4. The van der Waals surface area contributed by atoms with E-state index in [1.807, 2.05) is 0 Å². The van der Waals surface area contributed by atoms with Crippen molar-refractivity contribution in [2.75, 3.05) is 11.1 Å². The van der Waals surface area contributed by atoms with Crippen LogP contribution in [0, 0.1) is 5.82 Å². The van der Waals surface area contributed by atoms with Crippen LogP contribution in [-0.2, 0) is 7.05 Å². The van der Waals surface area contributed by atoms with Gasteiger partial charge in [-0.3, -0.25) is 10.1 Å². The lowest BCUT2D eigenvalue weighted by Crippen LogP contribution is -2.17. The Kier molecular flexibility index (Phi) is 2.69. The van der Waals surface area contributed by atoms with Crippen molar-refractivity contribution in [1.29, 1.82) is 0 Å². The van der Waals surface area contributed by atoms with E-state index in [4.69, 9.17) is 5.73 Å². The molecule has 0 aliphatic rings. The number of hydrogen-bond acceptors (Lipinski definition) is 5. The number of anilines is 2. The first-order valence-electron chi connectivity index (χ1n) is 4.65. The van der Waals surface area contributed by atoms with Crippen LogP contribution in [0.3, 0.4) is 0 Å². The van der Waals surface area contributed by atoms with Crippen molar-refractivity contribution < 1.29 is 9.18 Å². The van der Waals surface area contributed by atoms with Gasteiger partial charge in [0.25, 0.3) is 5.91 Å². The van der Waals surface area contributed by atoms with E-state index in [0.29, 0.717) is 0 Å². The lowest BCUT2D eigenvalue weighted by Gasteiger charge is -2.05. The molecule has 0 aliphatic carbocycles. The quantitative estimate of drug-likeness (QED) is 0.775. The molecule has 0 saturated heterocycles. The maximum absolute atomic E-state index is 13.5. The minimum atomic E-state index is -0.854. The number of hydrogen-bond donors (Lipinski definition) is 2. The van der Waals surface area contributed by atoms with E-state index in [9.17, 15) is 9.18 Å². The highest BCUT2D eigenvalue weighted by Crippen LogP contribution is 2.13. The Bertz CT molecular complexity index is 566. The zero-order chi connectivity index (χ0) is 12.4. The minimum Gasteiger partial charge on any atom is -0.381 e. The minimum absolute atomic E-state index is 0.194. The lowest BCUT2D eigenvalue weighted by atomic mass is 10.2. The number of carbonyl (C=O) groups excluding carboxylic acids is 1. The summed E-state index contributed by atoms with van der Waals surface area (Å²) in [5, 5.41) is 6.16. The molecular weight excluding hydrogens is 227 g/mol. The molecule has 2 rings (SSSR count). The number of nitrogens with zero attached hydrogens (tertiary/aromatic N) is 4. The smallest absolute Gasteiger partial charge is 0.261 e. The third-order valence-corrected chi connectivity index (χ3v) is 2.10. The first-order chi connectivity index (χ1) is 8.09. The fraction of sp³-hybridized carbons (Fsp3) is 0.111. The van der Waals surface area contributed by atoms with Crippen molar-refractivity contribution >= 4 is 17.7 Å². The molecule has 0 aliphatic heterocycles. The Morgan fingerprint density at radius 3 is 2.94 bits per heavy atom. The van der Waals surface area contributed by atoms with E-state index >= 15 is 0 Å². The molecule has 0 unspecified atom stereocenters. The highest BCUT2D eigenvalue weighted by molar-refractivity contribution is 6.03. The molecule has 0 atom stereocenters. The van der Waals surface area contributed by atoms with Crippen molar-refractivity contribution in [2.45, 2.75) is 0 Å². The van der Waals surface area contributed by atoms with Crippen molar-refractivity contribution in [3.8, 4) is 0 Å². The Labute approximate surface area is 95.5 Å². The summed E-state index contributed by atoms with van der Waals surface area (Å²) in [7, 11) is 1.60. The standard InChI is InChI=1S/C9H9FN6O/c1-16-9(13-4-14-16)15-8(17)5-2-3-12-7(11)6(5)10/h2-4H,1H3,(H2,11,12)(H,13,14,15,17). The molecule has 0 bridgehead atoms. The van der Waals surface area contributed by atoms with Crippen LogP contribution < -0.4 is 11.1 Å². The maximum Gasteiger partial charge on any atom is 0.261 e. The van der Waals surface area contributed by atoms with Gasteiger partial charge in [-0.15, -0.1) is 0 Å². The van der Waals surface area contributed by atoms with Crippen LogP contribution in [0.15, 0.2) is 18.6 Å². The van der Waals surface area contributed by atoms with Gasteiger partial charge < -0.3 is 5.73 Å². The van der Waals surface area contributed by atoms with E-state index in [1.165, 1.54) is 23.3 Å². The Morgan fingerprint density at radius 1 is 1.53 bits per heavy atom. The normalized spacial score (nSPS) is 10.2. The first-order valence-corrected chi connectivity index (χ1v) is 4.65. The molecule has 88 valence electrons. The predicted molar refractivity (Wildman–Crippen MR) is 57.6 cm³/mol.